The van der Waals surface area contributed by atoms with Crippen molar-refractivity contribution in [1.82, 2.24) is 4.90 Å². The van der Waals surface area contributed by atoms with Gasteiger partial charge in [-0.3, -0.25) is 4.79 Å². The fraction of sp³-hybridized carbons (Fsp3) is 0.350. The van der Waals surface area contributed by atoms with Crippen LogP contribution in [0.4, 0.5) is 0 Å². The van der Waals surface area contributed by atoms with E-state index in [2.05, 4.69) is 0 Å². The van der Waals surface area contributed by atoms with E-state index in [0.29, 0.717) is 37.4 Å². The van der Waals surface area contributed by atoms with E-state index in [1.54, 1.807) is 67.7 Å². The molecule has 7 nitrogen and oxygen atoms in total. The van der Waals surface area contributed by atoms with Crippen LogP contribution in [-0.4, -0.2) is 52.9 Å². The second-order valence-electron chi connectivity index (χ2n) is 6.23. The lowest BCUT2D eigenvalue weighted by Gasteiger charge is -2.23. The third-order valence-corrected chi connectivity index (χ3v) is 4.44. The van der Waals surface area contributed by atoms with Crippen molar-refractivity contribution in [2.24, 2.45) is 0 Å². The van der Waals surface area contributed by atoms with E-state index >= 15 is 0 Å². The van der Waals surface area contributed by atoms with E-state index < -0.39 is 10.1 Å². The lowest BCUT2D eigenvalue weighted by Crippen LogP contribution is -2.32. The number of hydrogen-bond acceptors (Lipinski definition) is 6. The Hall–Kier alpha value is -2.58. The van der Waals surface area contributed by atoms with Gasteiger partial charge >= 0.3 is 10.1 Å². The quantitative estimate of drug-likeness (QED) is 0.445. The maximum atomic E-state index is 12.9. The van der Waals surface area contributed by atoms with Gasteiger partial charge in [0.2, 0.25) is 0 Å². The van der Waals surface area contributed by atoms with Crippen LogP contribution in [0.15, 0.2) is 48.5 Å². The second-order valence-corrected chi connectivity index (χ2v) is 7.81. The van der Waals surface area contributed by atoms with Gasteiger partial charge in [0.1, 0.15) is 11.5 Å². The molecule has 0 aromatic heterocycles. The Balaban J connectivity index is 2.14. The highest BCUT2D eigenvalue weighted by Gasteiger charge is 2.16. The van der Waals surface area contributed by atoms with Crippen LogP contribution in [-0.2, 0) is 21.4 Å². The molecule has 0 aliphatic rings. The molecule has 28 heavy (non-hydrogen) atoms. The third kappa shape index (κ3) is 6.86. The summed E-state index contributed by atoms with van der Waals surface area (Å²) in [6, 6.07) is 13.6. The van der Waals surface area contributed by atoms with Crippen LogP contribution >= 0.6 is 0 Å². The fourth-order valence-electron chi connectivity index (χ4n) is 2.61. The van der Waals surface area contributed by atoms with Crippen molar-refractivity contribution in [3.05, 3.63) is 59.7 Å². The van der Waals surface area contributed by atoms with Gasteiger partial charge in [-0.05, 0) is 48.4 Å². The Bertz CT molecular complexity index is 863. The second kappa shape index (κ2) is 10.1. The third-order valence-electron chi connectivity index (χ3n) is 3.95. The zero-order valence-electron chi connectivity index (χ0n) is 16.3. The lowest BCUT2D eigenvalue weighted by atomic mass is 10.1. The van der Waals surface area contributed by atoms with E-state index in [1.807, 2.05) is 0 Å². The molecule has 0 aliphatic carbocycles. The predicted molar refractivity (Wildman–Crippen MR) is 106 cm³/mol. The van der Waals surface area contributed by atoms with E-state index in [-0.39, 0.29) is 11.7 Å². The van der Waals surface area contributed by atoms with Gasteiger partial charge in [0.25, 0.3) is 5.91 Å². The summed E-state index contributed by atoms with van der Waals surface area (Å²) in [5, 5.41) is 0. The largest absolute Gasteiger partial charge is 0.497 e. The first-order chi connectivity index (χ1) is 13.3. The Kier molecular flexibility index (Phi) is 7.83. The minimum Gasteiger partial charge on any atom is -0.497 e. The van der Waals surface area contributed by atoms with Gasteiger partial charge in [0.15, 0.2) is 0 Å². The fourth-order valence-corrected chi connectivity index (χ4v) is 3.07. The molecule has 152 valence electrons. The Morgan fingerprint density at radius 3 is 2.11 bits per heavy atom. The molecule has 2 aromatic carbocycles. The number of methoxy groups -OCH3 is 2. The lowest BCUT2D eigenvalue weighted by molar-refractivity contribution is 0.0723. The number of amides is 1. The Morgan fingerprint density at radius 2 is 1.57 bits per heavy atom. The van der Waals surface area contributed by atoms with Crippen molar-refractivity contribution in [2.45, 2.75) is 13.0 Å². The maximum Gasteiger partial charge on any atom is 0.306 e. The summed E-state index contributed by atoms with van der Waals surface area (Å²) in [4.78, 5) is 14.7. The number of hydrogen-bond donors (Lipinski definition) is 0. The molecule has 2 rings (SSSR count). The molecule has 0 spiro atoms. The Morgan fingerprint density at radius 1 is 0.964 bits per heavy atom. The van der Waals surface area contributed by atoms with Gasteiger partial charge in [-0.15, -0.1) is 0 Å². The zero-order valence-corrected chi connectivity index (χ0v) is 17.1. The van der Waals surface area contributed by atoms with Crippen molar-refractivity contribution in [1.29, 1.82) is 0 Å². The number of carbonyl (C=O) groups is 1. The SMILES string of the molecule is COCCCN(Cc1ccc(OS(C)(=O)=O)cc1)C(=O)c1ccc(OC)cc1. The summed E-state index contributed by atoms with van der Waals surface area (Å²) in [6.45, 7) is 1.46. The molecule has 2 aromatic rings. The van der Waals surface area contributed by atoms with Crippen LogP contribution in [0, 0.1) is 0 Å². The van der Waals surface area contributed by atoms with Crippen molar-refractivity contribution in [3.63, 3.8) is 0 Å². The van der Waals surface area contributed by atoms with Gasteiger partial charge in [-0.1, -0.05) is 12.1 Å². The molecule has 0 N–H and O–H groups in total. The minimum absolute atomic E-state index is 0.102. The molecule has 0 atom stereocenters. The number of carbonyl (C=O) groups excluding carboxylic acids is 1. The van der Waals surface area contributed by atoms with Crippen LogP contribution in [0.1, 0.15) is 22.3 Å². The topological polar surface area (TPSA) is 82.1 Å². The van der Waals surface area contributed by atoms with Gasteiger partial charge in [-0.2, -0.15) is 8.42 Å². The van der Waals surface area contributed by atoms with Gasteiger partial charge in [0.05, 0.1) is 13.4 Å². The maximum absolute atomic E-state index is 12.9. The Labute approximate surface area is 166 Å². The highest BCUT2D eigenvalue weighted by molar-refractivity contribution is 7.86. The molecule has 0 saturated carbocycles. The molecule has 0 bridgehead atoms. The van der Waals surface area contributed by atoms with E-state index in [0.717, 1.165) is 11.8 Å². The molecule has 0 saturated heterocycles. The summed E-state index contributed by atoms with van der Waals surface area (Å²) in [7, 11) is -0.376. The molecule has 0 aliphatic heterocycles. The summed E-state index contributed by atoms with van der Waals surface area (Å²) in [5.74, 6) is 0.817. The van der Waals surface area contributed by atoms with Crippen LogP contribution in [0.2, 0.25) is 0 Å². The molecule has 1 amide bonds. The van der Waals surface area contributed by atoms with Crippen molar-refractivity contribution in [3.8, 4) is 11.5 Å². The van der Waals surface area contributed by atoms with Crippen LogP contribution in [0.25, 0.3) is 0 Å². The average molecular weight is 407 g/mol. The smallest absolute Gasteiger partial charge is 0.306 e. The van der Waals surface area contributed by atoms with Crippen LogP contribution in [0.3, 0.4) is 0 Å². The summed E-state index contributed by atoms with van der Waals surface area (Å²) >= 11 is 0. The average Bonchev–Trinajstić information content (AvgIpc) is 2.67. The number of benzene rings is 2. The predicted octanol–water partition coefficient (Wildman–Crippen LogP) is 2.71. The summed E-state index contributed by atoms with van der Waals surface area (Å²) < 4.78 is 37.5. The van der Waals surface area contributed by atoms with Crippen molar-refractivity contribution in [2.75, 3.05) is 33.6 Å². The van der Waals surface area contributed by atoms with E-state index in [4.69, 9.17) is 13.7 Å². The van der Waals surface area contributed by atoms with Crippen molar-refractivity contribution >= 4 is 16.0 Å². The molecule has 0 radical (unpaired) electrons. The first kappa shape index (κ1) is 21.7. The zero-order chi connectivity index (χ0) is 20.6. The number of rotatable bonds is 10. The summed E-state index contributed by atoms with van der Waals surface area (Å²) in [6.07, 6.45) is 1.69. The summed E-state index contributed by atoms with van der Waals surface area (Å²) in [5.41, 5.74) is 1.43. The van der Waals surface area contributed by atoms with Gasteiger partial charge in [0, 0.05) is 32.4 Å². The van der Waals surface area contributed by atoms with Crippen LogP contribution in [0.5, 0.6) is 11.5 Å². The van der Waals surface area contributed by atoms with E-state index in [9.17, 15) is 13.2 Å². The number of ether oxygens (including phenoxy) is 2. The van der Waals surface area contributed by atoms with Gasteiger partial charge in [-0.25, -0.2) is 0 Å². The molecule has 0 fully saturated rings. The highest BCUT2D eigenvalue weighted by Crippen LogP contribution is 2.18. The molecule has 8 heteroatoms. The van der Waals surface area contributed by atoms with Gasteiger partial charge < -0.3 is 18.6 Å². The number of nitrogens with zero attached hydrogens (tertiary/aromatic N) is 1. The first-order valence-electron chi connectivity index (χ1n) is 8.73. The molecule has 0 heterocycles. The minimum atomic E-state index is -3.57. The standard InChI is InChI=1S/C20H25NO6S/c1-25-14-4-13-21(20(22)17-7-11-18(26-2)12-8-17)15-16-5-9-19(10-6-16)27-28(3,23)24/h5-12H,4,13-15H2,1-3H3. The molecule has 0 unspecified atom stereocenters. The van der Waals surface area contributed by atoms with E-state index in [1.165, 1.54) is 0 Å². The first-order valence-corrected chi connectivity index (χ1v) is 10.5. The normalized spacial score (nSPS) is 11.1. The highest BCUT2D eigenvalue weighted by atomic mass is 32.2. The van der Waals surface area contributed by atoms with Crippen molar-refractivity contribution < 1.29 is 26.9 Å². The monoisotopic (exact) mass is 407 g/mol. The van der Waals surface area contributed by atoms with Crippen LogP contribution < -0.4 is 8.92 Å². The molecular weight excluding hydrogens is 382 g/mol. The molecular formula is C20H25NO6S.